The average molecular weight is 252 g/mol. The van der Waals surface area contributed by atoms with E-state index in [1.165, 1.54) is 11.1 Å². The van der Waals surface area contributed by atoms with Crippen LogP contribution in [0.3, 0.4) is 0 Å². The van der Waals surface area contributed by atoms with Gasteiger partial charge in [-0.05, 0) is 26.0 Å². The Morgan fingerprint density at radius 3 is 1.74 bits per heavy atom. The van der Waals surface area contributed by atoms with Crippen LogP contribution in [-0.4, -0.2) is 24.8 Å². The highest BCUT2D eigenvalue weighted by Gasteiger charge is 2.05. The molecule has 2 aromatic rings. The Morgan fingerprint density at radius 1 is 0.789 bits per heavy atom. The van der Waals surface area contributed by atoms with Gasteiger partial charge < -0.3 is 4.90 Å². The third-order valence-electron chi connectivity index (χ3n) is 3.00. The van der Waals surface area contributed by atoms with E-state index in [9.17, 15) is 0 Å². The van der Waals surface area contributed by atoms with Gasteiger partial charge in [0.25, 0.3) is 0 Å². The molecule has 19 heavy (non-hydrogen) atoms. The summed E-state index contributed by atoms with van der Waals surface area (Å²) in [6, 6.07) is 16.7. The second kappa shape index (κ2) is 5.70. The SMILES string of the molecule is Cc1ccc(N=C(c2ccc(C)cc2)N(C)C)cc1. The zero-order valence-electron chi connectivity index (χ0n) is 12.0. The van der Waals surface area contributed by atoms with Gasteiger partial charge in [0.2, 0.25) is 0 Å². The maximum atomic E-state index is 4.74. The predicted molar refractivity (Wildman–Crippen MR) is 82.2 cm³/mol. The van der Waals surface area contributed by atoms with Gasteiger partial charge >= 0.3 is 0 Å². The lowest BCUT2D eigenvalue weighted by molar-refractivity contribution is 0.624. The summed E-state index contributed by atoms with van der Waals surface area (Å²) in [6.07, 6.45) is 0. The number of amidine groups is 1. The van der Waals surface area contributed by atoms with Crippen LogP contribution >= 0.6 is 0 Å². The lowest BCUT2D eigenvalue weighted by Gasteiger charge is -2.16. The molecule has 0 fully saturated rings. The number of hydrogen-bond donors (Lipinski definition) is 0. The fourth-order valence-electron chi connectivity index (χ4n) is 1.87. The molecule has 2 aromatic carbocycles. The van der Waals surface area contributed by atoms with Gasteiger partial charge in [-0.25, -0.2) is 4.99 Å². The highest BCUT2D eigenvalue weighted by Crippen LogP contribution is 2.16. The standard InChI is InChI=1S/C17H20N2/c1-13-5-9-15(10-6-13)17(19(3)4)18-16-11-7-14(2)8-12-16/h5-12H,1-4H3. The van der Waals surface area contributed by atoms with Crippen molar-refractivity contribution in [1.29, 1.82) is 0 Å². The maximum absolute atomic E-state index is 4.74. The number of aliphatic imine (C=N–C) groups is 1. The number of hydrogen-bond acceptors (Lipinski definition) is 1. The number of benzene rings is 2. The Morgan fingerprint density at radius 2 is 1.26 bits per heavy atom. The number of aryl methyl sites for hydroxylation is 2. The van der Waals surface area contributed by atoms with Crippen LogP contribution in [0.15, 0.2) is 53.5 Å². The highest BCUT2D eigenvalue weighted by atomic mass is 15.1. The molecule has 0 saturated carbocycles. The quantitative estimate of drug-likeness (QED) is 0.584. The molecule has 0 aliphatic heterocycles. The predicted octanol–water partition coefficient (Wildman–Crippen LogP) is 3.94. The van der Waals surface area contributed by atoms with E-state index < -0.39 is 0 Å². The Bertz CT molecular complexity index is 563. The topological polar surface area (TPSA) is 15.6 Å². The summed E-state index contributed by atoms with van der Waals surface area (Å²) in [6.45, 7) is 4.18. The van der Waals surface area contributed by atoms with Crippen LogP contribution in [0.4, 0.5) is 5.69 Å². The molecular weight excluding hydrogens is 232 g/mol. The molecule has 0 amide bonds. The van der Waals surface area contributed by atoms with Crippen molar-refractivity contribution >= 4 is 11.5 Å². The smallest absolute Gasteiger partial charge is 0.136 e. The molecule has 0 radical (unpaired) electrons. The van der Waals surface area contributed by atoms with Crippen molar-refractivity contribution < 1.29 is 0 Å². The second-order valence-electron chi connectivity index (χ2n) is 5.03. The average Bonchev–Trinajstić information content (AvgIpc) is 2.39. The van der Waals surface area contributed by atoms with E-state index in [1.54, 1.807) is 0 Å². The van der Waals surface area contributed by atoms with Gasteiger partial charge in [-0.15, -0.1) is 0 Å². The summed E-state index contributed by atoms with van der Waals surface area (Å²) in [5.41, 5.74) is 4.63. The van der Waals surface area contributed by atoms with E-state index >= 15 is 0 Å². The summed E-state index contributed by atoms with van der Waals surface area (Å²) in [5, 5.41) is 0. The first-order valence-corrected chi connectivity index (χ1v) is 6.46. The van der Waals surface area contributed by atoms with Crippen molar-refractivity contribution in [2.75, 3.05) is 14.1 Å². The van der Waals surface area contributed by atoms with E-state index in [1.807, 2.05) is 31.1 Å². The lowest BCUT2D eigenvalue weighted by Crippen LogP contribution is -2.22. The minimum Gasteiger partial charge on any atom is -0.362 e. The van der Waals surface area contributed by atoms with Gasteiger partial charge in [0.05, 0.1) is 5.69 Å². The zero-order chi connectivity index (χ0) is 13.8. The molecule has 0 aliphatic carbocycles. The summed E-state index contributed by atoms with van der Waals surface area (Å²) >= 11 is 0. The van der Waals surface area contributed by atoms with Gasteiger partial charge in [0.1, 0.15) is 5.84 Å². The van der Waals surface area contributed by atoms with Gasteiger partial charge in [-0.2, -0.15) is 0 Å². The molecule has 0 N–H and O–H groups in total. The first-order chi connectivity index (χ1) is 9.06. The van der Waals surface area contributed by atoms with Gasteiger partial charge in [0.15, 0.2) is 0 Å². The molecule has 98 valence electrons. The molecule has 0 aromatic heterocycles. The first-order valence-electron chi connectivity index (χ1n) is 6.46. The summed E-state index contributed by atoms with van der Waals surface area (Å²) < 4.78 is 0. The molecule has 0 spiro atoms. The van der Waals surface area contributed by atoms with Crippen molar-refractivity contribution in [3.05, 3.63) is 65.2 Å². The van der Waals surface area contributed by atoms with Gasteiger partial charge in [-0.1, -0.05) is 47.5 Å². The summed E-state index contributed by atoms with van der Waals surface area (Å²) in [7, 11) is 4.04. The molecule has 2 nitrogen and oxygen atoms in total. The normalized spacial score (nSPS) is 11.5. The zero-order valence-corrected chi connectivity index (χ0v) is 12.0. The van der Waals surface area contributed by atoms with E-state index in [0.29, 0.717) is 0 Å². The Hall–Kier alpha value is -2.09. The van der Waals surface area contributed by atoms with Crippen molar-refractivity contribution in [1.82, 2.24) is 4.90 Å². The second-order valence-corrected chi connectivity index (χ2v) is 5.03. The third kappa shape index (κ3) is 3.44. The van der Waals surface area contributed by atoms with Crippen molar-refractivity contribution in [3.63, 3.8) is 0 Å². The number of nitrogens with zero attached hydrogens (tertiary/aromatic N) is 2. The Labute approximate surface area is 115 Å². The van der Waals surface area contributed by atoms with Crippen LogP contribution < -0.4 is 0 Å². The van der Waals surface area contributed by atoms with Crippen LogP contribution in [0.2, 0.25) is 0 Å². The molecule has 0 atom stereocenters. The van der Waals surface area contributed by atoms with Crippen LogP contribution in [0, 0.1) is 13.8 Å². The minimum atomic E-state index is 0.976. The molecule has 2 rings (SSSR count). The monoisotopic (exact) mass is 252 g/mol. The Balaban J connectivity index is 2.40. The third-order valence-corrected chi connectivity index (χ3v) is 3.00. The van der Waals surface area contributed by atoms with E-state index in [0.717, 1.165) is 17.1 Å². The summed E-state index contributed by atoms with van der Waals surface area (Å²) in [5.74, 6) is 0.976. The molecular formula is C17H20N2. The Kier molecular flexibility index (Phi) is 4.00. The fourth-order valence-corrected chi connectivity index (χ4v) is 1.87. The van der Waals surface area contributed by atoms with E-state index in [-0.39, 0.29) is 0 Å². The van der Waals surface area contributed by atoms with Crippen molar-refractivity contribution in [2.24, 2.45) is 4.99 Å². The maximum Gasteiger partial charge on any atom is 0.136 e. The minimum absolute atomic E-state index is 0.976. The highest BCUT2D eigenvalue weighted by molar-refractivity contribution is 6.00. The van der Waals surface area contributed by atoms with E-state index in [4.69, 9.17) is 4.99 Å². The molecule has 2 heteroatoms. The van der Waals surface area contributed by atoms with Crippen LogP contribution in [0.5, 0.6) is 0 Å². The molecule has 0 bridgehead atoms. The largest absolute Gasteiger partial charge is 0.362 e. The first kappa shape index (κ1) is 13.3. The van der Waals surface area contributed by atoms with Gasteiger partial charge in [-0.3, -0.25) is 0 Å². The molecule has 0 heterocycles. The van der Waals surface area contributed by atoms with Gasteiger partial charge in [0, 0.05) is 19.7 Å². The van der Waals surface area contributed by atoms with E-state index in [2.05, 4.69) is 50.2 Å². The fraction of sp³-hybridized carbons (Fsp3) is 0.235. The van der Waals surface area contributed by atoms with Crippen LogP contribution in [0.1, 0.15) is 16.7 Å². The molecule has 0 unspecified atom stereocenters. The lowest BCUT2D eigenvalue weighted by atomic mass is 10.1. The van der Waals surface area contributed by atoms with Crippen LogP contribution in [0.25, 0.3) is 0 Å². The van der Waals surface area contributed by atoms with Crippen molar-refractivity contribution in [2.45, 2.75) is 13.8 Å². The number of rotatable bonds is 2. The van der Waals surface area contributed by atoms with Crippen molar-refractivity contribution in [3.8, 4) is 0 Å². The molecule has 0 aliphatic rings. The van der Waals surface area contributed by atoms with Crippen LogP contribution in [-0.2, 0) is 0 Å². The molecule has 0 saturated heterocycles. The summed E-state index contributed by atoms with van der Waals surface area (Å²) in [4.78, 5) is 6.79.